The Balaban J connectivity index is 3.24. The van der Waals surface area contributed by atoms with Crippen LogP contribution in [-0.2, 0) is 5.88 Å². The van der Waals surface area contributed by atoms with Crippen LogP contribution < -0.4 is 9.72 Å². The molecule has 12 heavy (non-hydrogen) atoms. The molecule has 0 aromatic carbocycles. The molecular formula is C9H13ClNO+. The third-order valence-electron chi connectivity index (χ3n) is 1.95. The Kier molecular flexibility index (Phi) is 2.93. The van der Waals surface area contributed by atoms with Crippen molar-refractivity contribution in [3.63, 3.8) is 0 Å². The van der Waals surface area contributed by atoms with Crippen LogP contribution in [0.2, 0.25) is 0 Å². The van der Waals surface area contributed by atoms with E-state index >= 15 is 0 Å². The zero-order chi connectivity index (χ0) is 9.14. The second kappa shape index (κ2) is 3.76. The van der Waals surface area contributed by atoms with Crippen LogP contribution in [0, 0.1) is 13.8 Å². The maximum atomic E-state index is 5.73. The van der Waals surface area contributed by atoms with Gasteiger partial charge in [0.05, 0.1) is 18.2 Å². The van der Waals surface area contributed by atoms with E-state index in [-0.39, 0.29) is 0 Å². The molecule has 0 fully saturated rings. The van der Waals surface area contributed by atoms with Crippen molar-refractivity contribution in [2.75, 3.05) is 7.11 Å². The second-order valence-electron chi connectivity index (χ2n) is 2.74. The smallest absolute Gasteiger partial charge is 0.201 e. The minimum absolute atomic E-state index is 0.489. The molecule has 0 bridgehead atoms. The molecule has 1 heterocycles. The van der Waals surface area contributed by atoms with Gasteiger partial charge >= 0.3 is 0 Å². The van der Waals surface area contributed by atoms with E-state index in [4.69, 9.17) is 16.3 Å². The lowest BCUT2D eigenvalue weighted by Gasteiger charge is -2.05. The van der Waals surface area contributed by atoms with Gasteiger partial charge < -0.3 is 4.74 Å². The first-order valence-corrected chi connectivity index (χ1v) is 4.35. The first-order chi connectivity index (χ1) is 5.70. The highest BCUT2D eigenvalue weighted by atomic mass is 35.5. The fraction of sp³-hybridized carbons (Fsp3) is 0.444. The molecule has 0 saturated heterocycles. The average Bonchev–Trinajstić information content (AvgIpc) is 2.06. The van der Waals surface area contributed by atoms with Crippen molar-refractivity contribution < 1.29 is 9.72 Å². The van der Waals surface area contributed by atoms with Gasteiger partial charge in [0, 0.05) is 0 Å². The quantitative estimate of drug-likeness (QED) is 0.647. The summed E-state index contributed by atoms with van der Waals surface area (Å²) >= 11 is 5.73. The highest BCUT2D eigenvalue weighted by Gasteiger charge is 2.12. The van der Waals surface area contributed by atoms with Gasteiger partial charge in [0.25, 0.3) is 0 Å². The third-order valence-corrected chi connectivity index (χ3v) is 2.22. The maximum Gasteiger partial charge on any atom is 0.201 e. The number of methoxy groups -OCH3 is 1. The Morgan fingerprint density at radius 3 is 2.67 bits per heavy atom. The van der Waals surface area contributed by atoms with Crippen molar-refractivity contribution in [1.82, 2.24) is 0 Å². The van der Waals surface area contributed by atoms with Crippen LogP contribution in [0.4, 0.5) is 0 Å². The van der Waals surface area contributed by atoms with Gasteiger partial charge in [-0.25, -0.2) is 4.98 Å². The van der Waals surface area contributed by atoms with Crippen molar-refractivity contribution in [1.29, 1.82) is 0 Å². The van der Waals surface area contributed by atoms with E-state index in [1.807, 2.05) is 20.0 Å². The molecule has 1 N–H and O–H groups in total. The van der Waals surface area contributed by atoms with Crippen molar-refractivity contribution in [2.45, 2.75) is 19.7 Å². The lowest BCUT2D eigenvalue weighted by atomic mass is 10.1. The summed E-state index contributed by atoms with van der Waals surface area (Å²) in [7, 11) is 1.67. The van der Waals surface area contributed by atoms with Crippen LogP contribution in [0.25, 0.3) is 0 Å². The average molecular weight is 187 g/mol. The van der Waals surface area contributed by atoms with Crippen molar-refractivity contribution in [3.05, 3.63) is 23.0 Å². The molecule has 0 unspecified atom stereocenters. The standard InChI is InChI=1S/C9H12ClNO/c1-6-5-11-8(4-10)7(2)9(6)12-3/h5H,4H2,1-3H3/p+1. The zero-order valence-electron chi connectivity index (χ0n) is 7.57. The number of hydrogen-bond acceptors (Lipinski definition) is 1. The van der Waals surface area contributed by atoms with Gasteiger partial charge in [0.2, 0.25) is 5.69 Å². The molecule has 0 aliphatic heterocycles. The van der Waals surface area contributed by atoms with E-state index in [9.17, 15) is 0 Å². The minimum Gasteiger partial charge on any atom is -0.496 e. The lowest BCUT2D eigenvalue weighted by Crippen LogP contribution is -2.13. The number of ether oxygens (including phenoxy) is 1. The summed E-state index contributed by atoms with van der Waals surface area (Å²) in [6.45, 7) is 4.00. The molecule has 2 nitrogen and oxygen atoms in total. The largest absolute Gasteiger partial charge is 0.496 e. The molecule has 1 aromatic rings. The van der Waals surface area contributed by atoms with Gasteiger partial charge in [-0.1, -0.05) is 0 Å². The SMILES string of the molecule is COc1c(C)c[nH+]c(CCl)c1C. The molecule has 0 aliphatic carbocycles. The molecule has 1 rings (SSSR count). The number of aromatic amines is 1. The molecule has 0 spiro atoms. The predicted molar refractivity (Wildman–Crippen MR) is 48.6 cm³/mol. The fourth-order valence-electron chi connectivity index (χ4n) is 1.25. The highest BCUT2D eigenvalue weighted by molar-refractivity contribution is 6.16. The van der Waals surface area contributed by atoms with E-state index in [2.05, 4.69) is 4.98 Å². The van der Waals surface area contributed by atoms with E-state index in [1.165, 1.54) is 0 Å². The first kappa shape index (κ1) is 9.33. The molecular weight excluding hydrogens is 174 g/mol. The first-order valence-electron chi connectivity index (χ1n) is 3.81. The third kappa shape index (κ3) is 1.53. The Bertz CT molecular complexity index is 286. The monoisotopic (exact) mass is 186 g/mol. The molecule has 66 valence electrons. The normalized spacial score (nSPS) is 10.0. The molecule has 0 amide bonds. The van der Waals surface area contributed by atoms with Crippen LogP contribution >= 0.6 is 11.6 Å². The summed E-state index contributed by atoms with van der Waals surface area (Å²) in [6, 6.07) is 0. The molecule has 0 saturated carbocycles. The van der Waals surface area contributed by atoms with E-state index in [0.29, 0.717) is 5.88 Å². The number of aromatic nitrogens is 1. The molecule has 0 atom stereocenters. The number of nitrogens with one attached hydrogen (secondary N) is 1. The lowest BCUT2D eigenvalue weighted by molar-refractivity contribution is -0.389. The minimum atomic E-state index is 0.489. The van der Waals surface area contributed by atoms with E-state index in [0.717, 1.165) is 22.6 Å². The van der Waals surface area contributed by atoms with Gasteiger partial charge in [-0.05, 0) is 13.8 Å². The van der Waals surface area contributed by atoms with E-state index < -0.39 is 0 Å². The van der Waals surface area contributed by atoms with E-state index in [1.54, 1.807) is 7.11 Å². The predicted octanol–water partition coefficient (Wildman–Crippen LogP) is 1.86. The number of pyridine rings is 1. The van der Waals surface area contributed by atoms with Gasteiger partial charge in [-0.2, -0.15) is 0 Å². The Hall–Kier alpha value is -0.760. The fourth-order valence-corrected chi connectivity index (χ4v) is 1.53. The van der Waals surface area contributed by atoms with Gasteiger partial charge in [0.1, 0.15) is 11.6 Å². The second-order valence-corrected chi connectivity index (χ2v) is 3.01. The van der Waals surface area contributed by atoms with Crippen molar-refractivity contribution >= 4 is 11.6 Å². The summed E-state index contributed by atoms with van der Waals surface area (Å²) in [5.41, 5.74) is 3.20. The summed E-state index contributed by atoms with van der Waals surface area (Å²) in [4.78, 5) is 3.12. The molecule has 1 aromatic heterocycles. The zero-order valence-corrected chi connectivity index (χ0v) is 8.33. The Labute approximate surface area is 77.5 Å². The molecule has 3 heteroatoms. The molecule has 0 aliphatic rings. The van der Waals surface area contributed by atoms with Gasteiger partial charge in [0.15, 0.2) is 6.20 Å². The van der Waals surface area contributed by atoms with Crippen LogP contribution in [0.1, 0.15) is 16.8 Å². The van der Waals surface area contributed by atoms with Crippen LogP contribution in [0.3, 0.4) is 0 Å². The topological polar surface area (TPSA) is 23.4 Å². The summed E-state index contributed by atoms with van der Waals surface area (Å²) in [5, 5.41) is 0. The van der Waals surface area contributed by atoms with Gasteiger partial charge in [-0.3, -0.25) is 0 Å². The van der Waals surface area contributed by atoms with Crippen LogP contribution in [0.15, 0.2) is 6.20 Å². The number of hydrogen-bond donors (Lipinski definition) is 0. The number of H-pyrrole nitrogens is 1. The Morgan fingerprint density at radius 2 is 2.17 bits per heavy atom. The highest BCUT2D eigenvalue weighted by Crippen LogP contribution is 2.22. The Morgan fingerprint density at radius 1 is 1.50 bits per heavy atom. The number of halogens is 1. The number of alkyl halides is 1. The van der Waals surface area contributed by atoms with Crippen molar-refractivity contribution in [3.8, 4) is 5.75 Å². The van der Waals surface area contributed by atoms with Crippen LogP contribution in [-0.4, -0.2) is 7.11 Å². The maximum absolute atomic E-state index is 5.73. The summed E-state index contributed by atoms with van der Waals surface area (Å²) in [5.74, 6) is 1.41. The summed E-state index contributed by atoms with van der Waals surface area (Å²) in [6.07, 6.45) is 1.91. The molecule has 0 radical (unpaired) electrons. The van der Waals surface area contributed by atoms with Crippen molar-refractivity contribution in [2.24, 2.45) is 0 Å². The van der Waals surface area contributed by atoms with Crippen LogP contribution in [0.5, 0.6) is 5.75 Å². The summed E-state index contributed by atoms with van der Waals surface area (Å²) < 4.78 is 5.24. The number of aryl methyl sites for hydroxylation is 1. The number of rotatable bonds is 2. The van der Waals surface area contributed by atoms with Gasteiger partial charge in [-0.15, -0.1) is 11.6 Å².